The molecule has 0 amide bonds. The van der Waals surface area contributed by atoms with Crippen LogP contribution in [0.2, 0.25) is 5.02 Å². The number of halogens is 1. The van der Waals surface area contributed by atoms with E-state index in [2.05, 4.69) is 10.4 Å². The summed E-state index contributed by atoms with van der Waals surface area (Å²) >= 11 is 6.17. The van der Waals surface area contributed by atoms with Crippen LogP contribution in [0.5, 0.6) is 0 Å². The fourth-order valence-electron chi connectivity index (χ4n) is 1.81. The van der Waals surface area contributed by atoms with E-state index in [1.807, 2.05) is 43.5 Å². The number of benzene rings is 1. The Morgan fingerprint density at radius 2 is 2.06 bits per heavy atom. The Bertz CT molecular complexity index is 514. The van der Waals surface area contributed by atoms with Gasteiger partial charge in [0.15, 0.2) is 0 Å². The van der Waals surface area contributed by atoms with Crippen LogP contribution in [0, 0.1) is 6.92 Å². The van der Waals surface area contributed by atoms with Gasteiger partial charge in [0.2, 0.25) is 0 Å². The highest BCUT2D eigenvalue weighted by Crippen LogP contribution is 2.27. The first-order valence-corrected chi connectivity index (χ1v) is 5.72. The van der Waals surface area contributed by atoms with Gasteiger partial charge in [-0.15, -0.1) is 0 Å². The van der Waals surface area contributed by atoms with Crippen molar-refractivity contribution in [1.29, 1.82) is 0 Å². The number of hydrogen-bond donors (Lipinski definition) is 2. The SMILES string of the molecule is Cc1cncc(C(NN)c2ccccc2Cl)c1. The Kier molecular flexibility index (Phi) is 3.74. The number of hydrogen-bond acceptors (Lipinski definition) is 3. The second-order valence-electron chi connectivity index (χ2n) is 3.92. The molecule has 1 heterocycles. The van der Waals surface area contributed by atoms with Gasteiger partial charge in [0.1, 0.15) is 0 Å². The lowest BCUT2D eigenvalue weighted by atomic mass is 10.00. The van der Waals surface area contributed by atoms with Gasteiger partial charge in [-0.25, -0.2) is 5.43 Å². The van der Waals surface area contributed by atoms with E-state index in [0.717, 1.165) is 16.7 Å². The third-order valence-corrected chi connectivity index (χ3v) is 2.96. The molecule has 0 bridgehead atoms. The first-order valence-electron chi connectivity index (χ1n) is 5.34. The molecule has 3 nitrogen and oxygen atoms in total. The number of aromatic nitrogens is 1. The number of hydrazine groups is 1. The molecule has 17 heavy (non-hydrogen) atoms. The van der Waals surface area contributed by atoms with Gasteiger partial charge in [-0.2, -0.15) is 0 Å². The summed E-state index contributed by atoms with van der Waals surface area (Å²) in [6.45, 7) is 2.00. The lowest BCUT2D eigenvalue weighted by Crippen LogP contribution is -2.29. The molecular formula is C13H14ClN3. The van der Waals surface area contributed by atoms with Crippen LogP contribution in [0.25, 0.3) is 0 Å². The quantitative estimate of drug-likeness (QED) is 0.648. The van der Waals surface area contributed by atoms with Crippen LogP contribution in [0.3, 0.4) is 0 Å². The molecular weight excluding hydrogens is 234 g/mol. The maximum Gasteiger partial charge on any atom is 0.0739 e. The van der Waals surface area contributed by atoms with Gasteiger partial charge in [0, 0.05) is 17.4 Å². The van der Waals surface area contributed by atoms with E-state index in [4.69, 9.17) is 17.4 Å². The van der Waals surface area contributed by atoms with Gasteiger partial charge >= 0.3 is 0 Å². The fraction of sp³-hybridized carbons (Fsp3) is 0.154. The van der Waals surface area contributed by atoms with Crippen molar-refractivity contribution in [2.45, 2.75) is 13.0 Å². The van der Waals surface area contributed by atoms with Crippen molar-refractivity contribution in [1.82, 2.24) is 10.4 Å². The third-order valence-electron chi connectivity index (χ3n) is 2.61. The van der Waals surface area contributed by atoms with Gasteiger partial charge in [0.25, 0.3) is 0 Å². The minimum atomic E-state index is -0.143. The van der Waals surface area contributed by atoms with Crippen molar-refractivity contribution in [3.63, 3.8) is 0 Å². The molecule has 1 atom stereocenters. The van der Waals surface area contributed by atoms with Gasteiger partial charge in [-0.3, -0.25) is 10.8 Å². The Labute approximate surface area is 106 Å². The molecule has 0 aliphatic rings. The van der Waals surface area contributed by atoms with Gasteiger partial charge in [-0.05, 0) is 29.7 Å². The number of rotatable bonds is 3. The molecule has 0 saturated carbocycles. The Morgan fingerprint density at radius 3 is 2.71 bits per heavy atom. The molecule has 1 unspecified atom stereocenters. The van der Waals surface area contributed by atoms with Crippen LogP contribution >= 0.6 is 11.6 Å². The minimum absolute atomic E-state index is 0.143. The average molecular weight is 248 g/mol. The van der Waals surface area contributed by atoms with E-state index >= 15 is 0 Å². The topological polar surface area (TPSA) is 50.9 Å². The number of aryl methyl sites for hydroxylation is 1. The molecule has 2 aromatic rings. The monoisotopic (exact) mass is 247 g/mol. The molecule has 1 aromatic heterocycles. The van der Waals surface area contributed by atoms with Crippen LogP contribution in [0.1, 0.15) is 22.7 Å². The molecule has 4 heteroatoms. The molecule has 0 saturated heterocycles. The summed E-state index contributed by atoms with van der Waals surface area (Å²) in [6, 6.07) is 9.54. The van der Waals surface area contributed by atoms with E-state index in [1.54, 1.807) is 6.20 Å². The molecule has 0 aliphatic carbocycles. The third kappa shape index (κ3) is 2.64. The van der Waals surface area contributed by atoms with E-state index in [9.17, 15) is 0 Å². The molecule has 2 rings (SSSR count). The Morgan fingerprint density at radius 1 is 1.29 bits per heavy atom. The first kappa shape index (κ1) is 12.0. The summed E-state index contributed by atoms with van der Waals surface area (Å²) < 4.78 is 0. The zero-order valence-corrected chi connectivity index (χ0v) is 10.3. The summed E-state index contributed by atoms with van der Waals surface area (Å²) in [4.78, 5) is 4.17. The predicted molar refractivity (Wildman–Crippen MR) is 69.6 cm³/mol. The minimum Gasteiger partial charge on any atom is -0.271 e. The van der Waals surface area contributed by atoms with Crippen LogP contribution in [0.4, 0.5) is 0 Å². The molecule has 88 valence electrons. The van der Waals surface area contributed by atoms with Gasteiger partial charge in [-0.1, -0.05) is 35.9 Å². The molecule has 0 spiro atoms. The number of nitrogens with zero attached hydrogens (tertiary/aromatic N) is 1. The van der Waals surface area contributed by atoms with E-state index in [0.29, 0.717) is 5.02 Å². The van der Waals surface area contributed by atoms with Crippen LogP contribution < -0.4 is 11.3 Å². The molecule has 0 fully saturated rings. The van der Waals surface area contributed by atoms with E-state index < -0.39 is 0 Å². The van der Waals surface area contributed by atoms with E-state index in [1.165, 1.54) is 0 Å². The lowest BCUT2D eigenvalue weighted by Gasteiger charge is -2.18. The highest BCUT2D eigenvalue weighted by Gasteiger charge is 2.15. The summed E-state index contributed by atoms with van der Waals surface area (Å²) in [5.41, 5.74) is 5.82. The average Bonchev–Trinajstić information content (AvgIpc) is 2.33. The second-order valence-corrected chi connectivity index (χ2v) is 4.32. The smallest absolute Gasteiger partial charge is 0.0739 e. The number of nitrogens with two attached hydrogens (primary N) is 1. The van der Waals surface area contributed by atoms with Crippen molar-refractivity contribution in [3.8, 4) is 0 Å². The van der Waals surface area contributed by atoms with Gasteiger partial charge < -0.3 is 0 Å². The second kappa shape index (κ2) is 5.27. The van der Waals surface area contributed by atoms with Crippen LogP contribution in [-0.2, 0) is 0 Å². The normalized spacial score (nSPS) is 12.4. The first-order chi connectivity index (χ1) is 8.22. The maximum atomic E-state index is 6.17. The summed E-state index contributed by atoms with van der Waals surface area (Å²) in [5.74, 6) is 5.62. The summed E-state index contributed by atoms with van der Waals surface area (Å²) in [7, 11) is 0. The number of nitrogens with one attached hydrogen (secondary N) is 1. The zero-order valence-electron chi connectivity index (χ0n) is 9.52. The zero-order chi connectivity index (χ0) is 12.3. The van der Waals surface area contributed by atoms with Crippen LogP contribution in [-0.4, -0.2) is 4.98 Å². The van der Waals surface area contributed by atoms with E-state index in [-0.39, 0.29) is 6.04 Å². The van der Waals surface area contributed by atoms with Crippen molar-refractivity contribution in [3.05, 3.63) is 64.4 Å². The highest BCUT2D eigenvalue weighted by molar-refractivity contribution is 6.31. The molecule has 1 aromatic carbocycles. The lowest BCUT2D eigenvalue weighted by molar-refractivity contribution is 0.634. The van der Waals surface area contributed by atoms with Crippen molar-refractivity contribution >= 4 is 11.6 Å². The summed E-state index contributed by atoms with van der Waals surface area (Å²) in [6.07, 6.45) is 3.60. The summed E-state index contributed by atoms with van der Waals surface area (Å²) in [5, 5.41) is 0.692. The maximum absolute atomic E-state index is 6.17. The number of pyridine rings is 1. The largest absolute Gasteiger partial charge is 0.271 e. The molecule has 3 N–H and O–H groups in total. The predicted octanol–water partition coefficient (Wildman–Crippen LogP) is 2.60. The van der Waals surface area contributed by atoms with Crippen LogP contribution in [0.15, 0.2) is 42.7 Å². The van der Waals surface area contributed by atoms with Crippen molar-refractivity contribution in [2.24, 2.45) is 5.84 Å². The fourth-order valence-corrected chi connectivity index (χ4v) is 2.06. The van der Waals surface area contributed by atoms with Crippen molar-refractivity contribution in [2.75, 3.05) is 0 Å². The molecule has 0 radical (unpaired) electrons. The van der Waals surface area contributed by atoms with Crippen molar-refractivity contribution < 1.29 is 0 Å². The molecule has 0 aliphatic heterocycles. The Hall–Kier alpha value is -1.42. The highest BCUT2D eigenvalue weighted by atomic mass is 35.5. The van der Waals surface area contributed by atoms with Gasteiger partial charge in [0.05, 0.1) is 6.04 Å². The Balaban J connectivity index is 2.44. The standard InChI is InChI=1S/C13H14ClN3/c1-9-6-10(8-16-7-9)13(17-15)11-4-2-3-5-12(11)14/h2-8,13,17H,15H2,1H3.